The summed E-state index contributed by atoms with van der Waals surface area (Å²) in [5.74, 6) is 0.114. The Bertz CT molecular complexity index is 574. The molecule has 0 aromatic heterocycles. The quantitative estimate of drug-likeness (QED) is 0.698. The molecule has 0 radical (unpaired) electrons. The van der Waals surface area contributed by atoms with Crippen molar-refractivity contribution < 1.29 is 9.53 Å². The molecule has 1 unspecified atom stereocenters. The molecule has 0 saturated carbocycles. The Kier molecular flexibility index (Phi) is 2.36. The molecule has 1 saturated heterocycles. The second-order valence-corrected chi connectivity index (χ2v) is 4.61. The number of ether oxygens (including phenoxy) is 1. The molecule has 2 heteroatoms. The van der Waals surface area contributed by atoms with Gasteiger partial charge in [0.15, 0.2) is 0 Å². The zero-order valence-electron chi connectivity index (χ0n) is 9.72. The largest absolute Gasteiger partial charge is 0.462 e. The standard InChI is InChI=1S/C15H14O2/c1-10-14(9-15(16)17-10)13-7-6-11-4-2-3-5-12(11)8-13/h2-8,10,14H,9H2,1H3/t10?,14-/m0/s1. The van der Waals surface area contributed by atoms with Crippen LogP contribution in [0.25, 0.3) is 10.8 Å². The predicted octanol–water partition coefficient (Wildman–Crippen LogP) is 3.26. The smallest absolute Gasteiger partial charge is 0.306 e. The number of hydrogen-bond acceptors (Lipinski definition) is 2. The summed E-state index contributed by atoms with van der Waals surface area (Å²) in [4.78, 5) is 11.3. The van der Waals surface area contributed by atoms with Gasteiger partial charge in [0, 0.05) is 5.92 Å². The summed E-state index contributed by atoms with van der Waals surface area (Å²) in [7, 11) is 0. The van der Waals surface area contributed by atoms with Gasteiger partial charge in [0.1, 0.15) is 6.10 Å². The molecule has 2 aromatic rings. The molecule has 1 aliphatic heterocycles. The van der Waals surface area contributed by atoms with Crippen molar-refractivity contribution in [1.29, 1.82) is 0 Å². The average Bonchev–Trinajstić information content (AvgIpc) is 2.68. The summed E-state index contributed by atoms with van der Waals surface area (Å²) >= 11 is 0. The van der Waals surface area contributed by atoms with Gasteiger partial charge < -0.3 is 4.74 Å². The van der Waals surface area contributed by atoms with Gasteiger partial charge in [-0.05, 0) is 23.3 Å². The molecular formula is C15H14O2. The van der Waals surface area contributed by atoms with E-state index in [-0.39, 0.29) is 18.0 Å². The van der Waals surface area contributed by atoms with Gasteiger partial charge in [-0.3, -0.25) is 4.79 Å². The van der Waals surface area contributed by atoms with Crippen LogP contribution in [-0.4, -0.2) is 12.1 Å². The third kappa shape index (κ3) is 1.80. The van der Waals surface area contributed by atoms with Crippen molar-refractivity contribution in [3.63, 3.8) is 0 Å². The van der Waals surface area contributed by atoms with Crippen molar-refractivity contribution in [1.82, 2.24) is 0 Å². The van der Waals surface area contributed by atoms with E-state index in [2.05, 4.69) is 30.3 Å². The zero-order valence-corrected chi connectivity index (χ0v) is 9.72. The van der Waals surface area contributed by atoms with Gasteiger partial charge in [0.05, 0.1) is 6.42 Å². The number of carbonyl (C=O) groups excluding carboxylic acids is 1. The number of rotatable bonds is 1. The first-order valence-corrected chi connectivity index (χ1v) is 5.92. The van der Waals surface area contributed by atoms with E-state index in [9.17, 15) is 4.79 Å². The maximum atomic E-state index is 11.3. The van der Waals surface area contributed by atoms with E-state index in [1.807, 2.05) is 19.1 Å². The highest BCUT2D eigenvalue weighted by Crippen LogP contribution is 2.33. The minimum absolute atomic E-state index is 0.0105. The topological polar surface area (TPSA) is 26.3 Å². The Morgan fingerprint density at radius 2 is 1.88 bits per heavy atom. The highest BCUT2D eigenvalue weighted by molar-refractivity contribution is 5.83. The van der Waals surface area contributed by atoms with Gasteiger partial charge in [-0.1, -0.05) is 42.5 Å². The normalized spacial score (nSPS) is 23.9. The van der Waals surface area contributed by atoms with E-state index in [4.69, 9.17) is 4.74 Å². The third-order valence-corrected chi connectivity index (χ3v) is 3.47. The number of carbonyl (C=O) groups is 1. The Labute approximate surface area is 100 Å². The van der Waals surface area contributed by atoms with E-state index in [0.717, 1.165) is 0 Å². The van der Waals surface area contributed by atoms with Crippen LogP contribution in [0.2, 0.25) is 0 Å². The lowest BCUT2D eigenvalue weighted by molar-refractivity contribution is -0.140. The van der Waals surface area contributed by atoms with Crippen LogP contribution in [0.15, 0.2) is 42.5 Å². The first kappa shape index (κ1) is 10.3. The van der Waals surface area contributed by atoms with Crippen LogP contribution in [0, 0.1) is 0 Å². The van der Waals surface area contributed by atoms with Crippen molar-refractivity contribution in [3.8, 4) is 0 Å². The van der Waals surface area contributed by atoms with Gasteiger partial charge in [-0.25, -0.2) is 0 Å². The first-order chi connectivity index (χ1) is 8.24. The van der Waals surface area contributed by atoms with Crippen molar-refractivity contribution in [2.45, 2.75) is 25.4 Å². The van der Waals surface area contributed by atoms with Gasteiger partial charge in [-0.15, -0.1) is 0 Å². The molecule has 0 aliphatic carbocycles. The van der Waals surface area contributed by atoms with E-state index < -0.39 is 0 Å². The molecule has 17 heavy (non-hydrogen) atoms. The van der Waals surface area contributed by atoms with E-state index in [0.29, 0.717) is 6.42 Å². The fourth-order valence-electron chi connectivity index (χ4n) is 2.51. The molecule has 0 bridgehead atoms. The summed E-state index contributed by atoms with van der Waals surface area (Å²) < 4.78 is 5.20. The molecule has 1 fully saturated rings. The monoisotopic (exact) mass is 226 g/mol. The maximum absolute atomic E-state index is 11.3. The second-order valence-electron chi connectivity index (χ2n) is 4.61. The minimum atomic E-state index is -0.0874. The van der Waals surface area contributed by atoms with Crippen LogP contribution in [0.3, 0.4) is 0 Å². The Hall–Kier alpha value is -1.83. The van der Waals surface area contributed by atoms with Crippen LogP contribution in [0.1, 0.15) is 24.8 Å². The lowest BCUT2D eigenvalue weighted by Crippen LogP contribution is -2.09. The number of hydrogen-bond donors (Lipinski definition) is 0. The molecular weight excluding hydrogens is 212 g/mol. The molecule has 0 N–H and O–H groups in total. The second kappa shape index (κ2) is 3.88. The van der Waals surface area contributed by atoms with Crippen LogP contribution in [-0.2, 0) is 9.53 Å². The summed E-state index contributed by atoms with van der Waals surface area (Å²) in [5.41, 5.74) is 1.20. The zero-order chi connectivity index (χ0) is 11.8. The van der Waals surface area contributed by atoms with Crippen LogP contribution < -0.4 is 0 Å². The van der Waals surface area contributed by atoms with Crippen molar-refractivity contribution in [3.05, 3.63) is 48.0 Å². The Morgan fingerprint density at radius 1 is 1.12 bits per heavy atom. The molecule has 2 aromatic carbocycles. The predicted molar refractivity (Wildman–Crippen MR) is 66.9 cm³/mol. The summed E-state index contributed by atoms with van der Waals surface area (Å²) in [5, 5.41) is 2.45. The average molecular weight is 226 g/mol. The third-order valence-electron chi connectivity index (χ3n) is 3.47. The molecule has 3 rings (SSSR count). The number of cyclic esters (lactones) is 1. The number of fused-ring (bicyclic) bond motifs is 1. The fraction of sp³-hybridized carbons (Fsp3) is 0.267. The molecule has 2 nitrogen and oxygen atoms in total. The number of esters is 1. The number of benzene rings is 2. The Balaban J connectivity index is 2.03. The van der Waals surface area contributed by atoms with Gasteiger partial charge in [0.25, 0.3) is 0 Å². The van der Waals surface area contributed by atoms with Gasteiger partial charge in [-0.2, -0.15) is 0 Å². The SMILES string of the molecule is CC1OC(=O)C[C@@H]1c1ccc2ccccc2c1. The summed E-state index contributed by atoms with van der Waals surface area (Å²) in [6.45, 7) is 1.96. The molecule has 1 heterocycles. The minimum Gasteiger partial charge on any atom is -0.462 e. The van der Waals surface area contributed by atoms with E-state index in [1.54, 1.807) is 0 Å². The summed E-state index contributed by atoms with van der Waals surface area (Å²) in [6, 6.07) is 14.6. The molecule has 0 amide bonds. The van der Waals surface area contributed by atoms with E-state index in [1.165, 1.54) is 16.3 Å². The fourth-order valence-corrected chi connectivity index (χ4v) is 2.51. The molecule has 86 valence electrons. The highest BCUT2D eigenvalue weighted by Gasteiger charge is 2.32. The highest BCUT2D eigenvalue weighted by atomic mass is 16.5. The lowest BCUT2D eigenvalue weighted by atomic mass is 9.91. The first-order valence-electron chi connectivity index (χ1n) is 5.92. The van der Waals surface area contributed by atoms with Crippen molar-refractivity contribution >= 4 is 16.7 Å². The van der Waals surface area contributed by atoms with Crippen molar-refractivity contribution in [2.24, 2.45) is 0 Å². The molecule has 1 aliphatic rings. The van der Waals surface area contributed by atoms with Crippen molar-refractivity contribution in [2.75, 3.05) is 0 Å². The van der Waals surface area contributed by atoms with Crippen LogP contribution >= 0.6 is 0 Å². The Morgan fingerprint density at radius 3 is 2.59 bits per heavy atom. The summed E-state index contributed by atoms with van der Waals surface area (Å²) in [6.07, 6.45) is 0.489. The van der Waals surface area contributed by atoms with Crippen LogP contribution in [0.4, 0.5) is 0 Å². The van der Waals surface area contributed by atoms with Gasteiger partial charge >= 0.3 is 5.97 Å². The maximum Gasteiger partial charge on any atom is 0.306 e. The molecule has 2 atom stereocenters. The van der Waals surface area contributed by atoms with E-state index >= 15 is 0 Å². The van der Waals surface area contributed by atoms with Gasteiger partial charge in [0.2, 0.25) is 0 Å². The van der Waals surface area contributed by atoms with Crippen LogP contribution in [0.5, 0.6) is 0 Å². The lowest BCUT2D eigenvalue weighted by Gasteiger charge is -2.13. The molecule has 0 spiro atoms.